The van der Waals surface area contributed by atoms with Gasteiger partial charge in [-0.2, -0.15) is 0 Å². The van der Waals surface area contributed by atoms with E-state index in [2.05, 4.69) is 10.6 Å². The van der Waals surface area contributed by atoms with Crippen molar-refractivity contribution in [2.24, 2.45) is 0 Å². The molecule has 0 aliphatic heterocycles. The molecule has 0 saturated heterocycles. The third-order valence-corrected chi connectivity index (χ3v) is 2.66. The lowest BCUT2D eigenvalue weighted by Crippen LogP contribution is -2.35. The maximum Gasteiger partial charge on any atom is 0.313 e. The van der Waals surface area contributed by atoms with E-state index >= 15 is 0 Å². The van der Waals surface area contributed by atoms with Crippen LogP contribution in [0.2, 0.25) is 0 Å². The van der Waals surface area contributed by atoms with Gasteiger partial charge in [0.1, 0.15) is 11.6 Å². The third kappa shape index (κ3) is 3.44. The molecule has 0 unspecified atom stereocenters. The smallest absolute Gasteiger partial charge is 0.313 e. The lowest BCUT2D eigenvalue weighted by atomic mass is 10.2. The molecule has 0 atom stereocenters. The number of aryl methyl sites for hydroxylation is 1. The number of hydrogen-bond donors (Lipinski definition) is 2. The average molecular weight is 276 g/mol. The molecular weight excluding hydrogens is 263 g/mol. The third-order valence-electron chi connectivity index (χ3n) is 2.66. The summed E-state index contributed by atoms with van der Waals surface area (Å²) in [5.41, 5.74) is 0.932. The molecule has 20 heavy (non-hydrogen) atoms. The maximum absolute atomic E-state index is 13.1. The van der Waals surface area contributed by atoms with Crippen LogP contribution in [0.5, 0.6) is 0 Å². The van der Waals surface area contributed by atoms with Crippen molar-refractivity contribution in [2.45, 2.75) is 13.5 Å². The number of nitrogens with one attached hydrogen (secondary N) is 2. The van der Waals surface area contributed by atoms with E-state index < -0.39 is 17.6 Å². The van der Waals surface area contributed by atoms with E-state index in [0.29, 0.717) is 11.3 Å². The van der Waals surface area contributed by atoms with Gasteiger partial charge in [-0.25, -0.2) is 4.39 Å². The van der Waals surface area contributed by atoms with Gasteiger partial charge in [0.25, 0.3) is 0 Å². The molecule has 0 aliphatic rings. The van der Waals surface area contributed by atoms with Crippen molar-refractivity contribution in [3.8, 4) is 0 Å². The summed E-state index contributed by atoms with van der Waals surface area (Å²) in [5.74, 6) is -1.62. The van der Waals surface area contributed by atoms with E-state index in [9.17, 15) is 14.0 Å². The first-order chi connectivity index (χ1) is 9.56. The zero-order chi connectivity index (χ0) is 14.5. The van der Waals surface area contributed by atoms with E-state index in [0.717, 1.165) is 6.07 Å². The van der Waals surface area contributed by atoms with Gasteiger partial charge in [-0.3, -0.25) is 9.59 Å². The van der Waals surface area contributed by atoms with Crippen molar-refractivity contribution >= 4 is 17.5 Å². The summed E-state index contributed by atoms with van der Waals surface area (Å²) in [7, 11) is 0. The summed E-state index contributed by atoms with van der Waals surface area (Å²) in [6, 6.07) is 7.31. The molecule has 1 aromatic carbocycles. The molecule has 0 fully saturated rings. The predicted molar refractivity (Wildman–Crippen MR) is 70.3 cm³/mol. The summed E-state index contributed by atoms with van der Waals surface area (Å²) in [4.78, 5) is 23.2. The minimum Gasteiger partial charge on any atom is -0.467 e. The lowest BCUT2D eigenvalue weighted by Gasteiger charge is -2.08. The minimum absolute atomic E-state index is 0.112. The molecule has 0 saturated carbocycles. The molecule has 6 heteroatoms. The quantitative estimate of drug-likeness (QED) is 0.842. The highest BCUT2D eigenvalue weighted by atomic mass is 19.1. The van der Waals surface area contributed by atoms with Gasteiger partial charge in [0.05, 0.1) is 12.8 Å². The molecule has 2 aromatic rings. The maximum atomic E-state index is 13.1. The molecule has 104 valence electrons. The van der Waals surface area contributed by atoms with Gasteiger partial charge in [0.15, 0.2) is 0 Å². The van der Waals surface area contributed by atoms with Crippen molar-refractivity contribution in [1.82, 2.24) is 5.32 Å². The average Bonchev–Trinajstić information content (AvgIpc) is 2.93. The topological polar surface area (TPSA) is 71.3 Å². The Morgan fingerprint density at radius 2 is 2.05 bits per heavy atom. The monoisotopic (exact) mass is 276 g/mol. The van der Waals surface area contributed by atoms with Gasteiger partial charge >= 0.3 is 11.8 Å². The van der Waals surface area contributed by atoms with Crippen LogP contribution in [0, 0.1) is 12.7 Å². The summed E-state index contributed by atoms with van der Waals surface area (Å²) >= 11 is 0. The SMILES string of the molecule is Cc1ccc(F)cc1NC(=O)C(=O)NCc1ccco1. The molecule has 2 N–H and O–H groups in total. The fourth-order valence-electron chi connectivity index (χ4n) is 1.57. The Labute approximate surface area is 114 Å². The highest BCUT2D eigenvalue weighted by Crippen LogP contribution is 2.15. The Morgan fingerprint density at radius 3 is 2.75 bits per heavy atom. The van der Waals surface area contributed by atoms with Crippen molar-refractivity contribution < 1.29 is 18.4 Å². The van der Waals surface area contributed by atoms with Crippen LogP contribution in [0.15, 0.2) is 41.0 Å². The van der Waals surface area contributed by atoms with Gasteiger partial charge in [-0.05, 0) is 36.8 Å². The second kappa shape index (κ2) is 6.01. The van der Waals surface area contributed by atoms with Crippen LogP contribution in [0.4, 0.5) is 10.1 Å². The molecule has 2 rings (SSSR count). The van der Waals surface area contributed by atoms with Gasteiger partial charge in [0.2, 0.25) is 0 Å². The highest BCUT2D eigenvalue weighted by molar-refractivity contribution is 6.39. The van der Waals surface area contributed by atoms with Crippen molar-refractivity contribution in [3.05, 3.63) is 53.7 Å². The molecule has 0 radical (unpaired) electrons. The van der Waals surface area contributed by atoms with E-state index in [-0.39, 0.29) is 12.2 Å². The van der Waals surface area contributed by atoms with E-state index in [1.54, 1.807) is 19.1 Å². The molecule has 5 nitrogen and oxygen atoms in total. The zero-order valence-electron chi connectivity index (χ0n) is 10.8. The summed E-state index contributed by atoms with van der Waals surface area (Å²) in [6.45, 7) is 1.82. The number of furan rings is 1. The Morgan fingerprint density at radius 1 is 1.25 bits per heavy atom. The van der Waals surface area contributed by atoms with Crippen LogP contribution in [0.3, 0.4) is 0 Å². The standard InChI is InChI=1S/C14H13FN2O3/c1-9-4-5-10(15)7-12(9)17-14(19)13(18)16-8-11-3-2-6-20-11/h2-7H,8H2,1H3,(H,16,18)(H,17,19). The summed E-state index contributed by atoms with van der Waals surface area (Å²) in [5, 5.41) is 4.76. The Balaban J connectivity index is 1.93. The molecule has 0 bridgehead atoms. The van der Waals surface area contributed by atoms with Crippen LogP contribution in [0.25, 0.3) is 0 Å². The number of hydrogen-bond acceptors (Lipinski definition) is 3. The van der Waals surface area contributed by atoms with Gasteiger partial charge in [0, 0.05) is 5.69 Å². The van der Waals surface area contributed by atoms with Crippen LogP contribution in [-0.2, 0) is 16.1 Å². The van der Waals surface area contributed by atoms with Crippen molar-refractivity contribution in [3.63, 3.8) is 0 Å². The van der Waals surface area contributed by atoms with E-state index in [1.165, 1.54) is 18.4 Å². The fraction of sp³-hybridized carbons (Fsp3) is 0.143. The number of amides is 2. The number of carbonyl (C=O) groups is 2. The predicted octanol–water partition coefficient (Wildman–Crippen LogP) is 1.98. The highest BCUT2D eigenvalue weighted by Gasteiger charge is 2.15. The fourth-order valence-corrected chi connectivity index (χ4v) is 1.57. The number of halogens is 1. The molecular formula is C14H13FN2O3. The summed E-state index contributed by atoms with van der Waals surface area (Å²) < 4.78 is 18.1. The normalized spacial score (nSPS) is 10.1. The second-order valence-corrected chi connectivity index (χ2v) is 4.18. The Hall–Kier alpha value is -2.63. The van der Waals surface area contributed by atoms with Crippen molar-refractivity contribution in [1.29, 1.82) is 0 Å². The lowest BCUT2D eigenvalue weighted by molar-refractivity contribution is -0.136. The molecule has 2 amide bonds. The Kier molecular flexibility index (Phi) is 4.14. The first-order valence-electron chi connectivity index (χ1n) is 5.94. The van der Waals surface area contributed by atoms with Gasteiger partial charge in [-0.15, -0.1) is 0 Å². The van der Waals surface area contributed by atoms with Gasteiger partial charge in [-0.1, -0.05) is 6.07 Å². The number of anilines is 1. The number of benzene rings is 1. The molecule has 1 heterocycles. The van der Waals surface area contributed by atoms with Crippen LogP contribution in [-0.4, -0.2) is 11.8 Å². The first kappa shape index (κ1) is 13.8. The van der Waals surface area contributed by atoms with E-state index in [4.69, 9.17) is 4.42 Å². The Bertz CT molecular complexity index is 623. The number of rotatable bonds is 3. The van der Waals surface area contributed by atoms with Crippen LogP contribution >= 0.6 is 0 Å². The number of carbonyl (C=O) groups excluding carboxylic acids is 2. The van der Waals surface area contributed by atoms with Crippen LogP contribution in [0.1, 0.15) is 11.3 Å². The molecule has 0 spiro atoms. The largest absolute Gasteiger partial charge is 0.467 e. The molecule has 0 aliphatic carbocycles. The van der Waals surface area contributed by atoms with Gasteiger partial charge < -0.3 is 15.1 Å². The first-order valence-corrected chi connectivity index (χ1v) is 5.94. The summed E-state index contributed by atoms with van der Waals surface area (Å²) in [6.07, 6.45) is 1.47. The minimum atomic E-state index is -0.856. The van der Waals surface area contributed by atoms with Crippen LogP contribution < -0.4 is 10.6 Å². The van der Waals surface area contributed by atoms with Crippen molar-refractivity contribution in [2.75, 3.05) is 5.32 Å². The van der Waals surface area contributed by atoms with E-state index in [1.807, 2.05) is 0 Å². The molecule has 1 aromatic heterocycles. The second-order valence-electron chi connectivity index (χ2n) is 4.18. The zero-order valence-corrected chi connectivity index (χ0v) is 10.8.